The maximum Gasteiger partial charge on any atom is 0.269 e. The number of benzene rings is 1. The van der Waals surface area contributed by atoms with E-state index in [4.69, 9.17) is 0 Å². The smallest absolute Gasteiger partial charge is 0.269 e. The van der Waals surface area contributed by atoms with Crippen molar-refractivity contribution in [3.8, 4) is 5.69 Å². The molecule has 26 heavy (non-hydrogen) atoms. The first-order valence-corrected chi connectivity index (χ1v) is 8.52. The third-order valence-electron chi connectivity index (χ3n) is 4.61. The molecule has 1 saturated heterocycles. The summed E-state index contributed by atoms with van der Waals surface area (Å²) in [6.07, 6.45) is 6.69. The average Bonchev–Trinajstić information content (AvgIpc) is 2.69. The van der Waals surface area contributed by atoms with Crippen molar-refractivity contribution in [2.24, 2.45) is 0 Å². The minimum absolute atomic E-state index is 0.0166. The maximum atomic E-state index is 12.8. The van der Waals surface area contributed by atoms with Crippen LogP contribution in [0.3, 0.4) is 0 Å². The number of piperidine rings is 1. The van der Waals surface area contributed by atoms with Crippen LogP contribution < -0.4 is 10.5 Å². The Bertz CT molecular complexity index is 1020. The number of fused-ring (bicyclic) bond motifs is 1. The second-order valence-corrected chi connectivity index (χ2v) is 6.28. The minimum atomic E-state index is -0.469. The van der Waals surface area contributed by atoms with Crippen LogP contribution in [0.2, 0.25) is 0 Å². The Morgan fingerprint density at radius 1 is 1.04 bits per heavy atom. The van der Waals surface area contributed by atoms with Crippen molar-refractivity contribution >= 4 is 22.5 Å². The van der Waals surface area contributed by atoms with E-state index in [0.29, 0.717) is 22.5 Å². The van der Waals surface area contributed by atoms with Gasteiger partial charge in [-0.25, -0.2) is 9.97 Å². The van der Waals surface area contributed by atoms with E-state index in [0.717, 1.165) is 25.9 Å². The van der Waals surface area contributed by atoms with Crippen LogP contribution in [0.1, 0.15) is 19.3 Å². The van der Waals surface area contributed by atoms with E-state index in [9.17, 15) is 14.9 Å². The number of anilines is 1. The van der Waals surface area contributed by atoms with Gasteiger partial charge in [0.25, 0.3) is 11.2 Å². The highest BCUT2D eigenvalue weighted by Crippen LogP contribution is 2.19. The fourth-order valence-electron chi connectivity index (χ4n) is 3.20. The van der Waals surface area contributed by atoms with E-state index in [2.05, 4.69) is 14.9 Å². The second kappa shape index (κ2) is 6.55. The standard InChI is InChI=1S/C18H17N5O3/c24-17-15-12-19-18(21-9-2-1-3-10-21)20-16(15)8-11-22(17)13-4-6-14(7-5-13)23(25)26/h4-8,11-12H,1-3,9-10H2. The summed E-state index contributed by atoms with van der Waals surface area (Å²) in [4.78, 5) is 34.1. The third-order valence-corrected chi connectivity index (χ3v) is 4.61. The first-order chi connectivity index (χ1) is 12.6. The molecule has 0 radical (unpaired) electrons. The van der Waals surface area contributed by atoms with E-state index in [1.54, 1.807) is 30.6 Å². The number of pyridine rings is 1. The molecule has 0 unspecified atom stereocenters. The molecule has 0 aliphatic carbocycles. The average molecular weight is 351 g/mol. The van der Waals surface area contributed by atoms with Crippen LogP contribution in [0, 0.1) is 10.1 Å². The Kier molecular flexibility index (Phi) is 4.08. The Morgan fingerprint density at radius 3 is 2.46 bits per heavy atom. The highest BCUT2D eigenvalue weighted by atomic mass is 16.6. The summed E-state index contributed by atoms with van der Waals surface area (Å²) in [5.41, 5.74) is 0.894. The molecule has 3 aromatic rings. The second-order valence-electron chi connectivity index (χ2n) is 6.28. The van der Waals surface area contributed by atoms with Gasteiger partial charge in [0.05, 0.1) is 15.8 Å². The fourth-order valence-corrected chi connectivity index (χ4v) is 3.20. The molecule has 1 fully saturated rings. The highest BCUT2D eigenvalue weighted by molar-refractivity contribution is 5.78. The molecule has 0 bridgehead atoms. The predicted molar refractivity (Wildman–Crippen MR) is 97.9 cm³/mol. The monoisotopic (exact) mass is 351 g/mol. The van der Waals surface area contributed by atoms with Gasteiger partial charge in [-0.1, -0.05) is 0 Å². The van der Waals surface area contributed by atoms with Gasteiger partial charge in [-0.15, -0.1) is 0 Å². The SMILES string of the molecule is O=c1c2cnc(N3CCCCC3)nc2ccn1-c1ccc([N+](=O)[O-])cc1. The van der Waals surface area contributed by atoms with Gasteiger partial charge in [-0.05, 0) is 37.5 Å². The first-order valence-electron chi connectivity index (χ1n) is 8.52. The van der Waals surface area contributed by atoms with Gasteiger partial charge < -0.3 is 4.90 Å². The molecular formula is C18H17N5O3. The fraction of sp³-hybridized carbons (Fsp3) is 0.278. The summed E-state index contributed by atoms with van der Waals surface area (Å²) in [5.74, 6) is 0.657. The summed E-state index contributed by atoms with van der Waals surface area (Å²) >= 11 is 0. The Balaban J connectivity index is 1.72. The normalized spacial score (nSPS) is 14.5. The zero-order chi connectivity index (χ0) is 18.1. The van der Waals surface area contributed by atoms with Gasteiger partial charge in [0, 0.05) is 43.3 Å². The molecule has 1 aromatic carbocycles. The van der Waals surface area contributed by atoms with E-state index in [-0.39, 0.29) is 11.2 Å². The van der Waals surface area contributed by atoms with Crippen molar-refractivity contribution in [2.45, 2.75) is 19.3 Å². The zero-order valence-corrected chi connectivity index (χ0v) is 14.0. The van der Waals surface area contributed by atoms with E-state index >= 15 is 0 Å². The molecule has 0 amide bonds. The van der Waals surface area contributed by atoms with Gasteiger partial charge in [-0.3, -0.25) is 19.5 Å². The van der Waals surface area contributed by atoms with Gasteiger partial charge in [-0.2, -0.15) is 0 Å². The molecule has 0 spiro atoms. The predicted octanol–water partition coefficient (Wildman–Crippen LogP) is 2.68. The lowest BCUT2D eigenvalue weighted by atomic mass is 10.1. The largest absolute Gasteiger partial charge is 0.341 e. The lowest BCUT2D eigenvalue weighted by Gasteiger charge is -2.26. The molecule has 8 heteroatoms. The van der Waals surface area contributed by atoms with Crippen LogP contribution in [0.4, 0.5) is 11.6 Å². The van der Waals surface area contributed by atoms with Crippen molar-refractivity contribution < 1.29 is 4.92 Å². The zero-order valence-electron chi connectivity index (χ0n) is 14.0. The quantitative estimate of drug-likeness (QED) is 0.532. The lowest BCUT2D eigenvalue weighted by molar-refractivity contribution is -0.384. The summed E-state index contributed by atoms with van der Waals surface area (Å²) < 4.78 is 1.44. The van der Waals surface area contributed by atoms with E-state index < -0.39 is 4.92 Å². The van der Waals surface area contributed by atoms with Gasteiger partial charge in [0.15, 0.2) is 0 Å². The Labute approximate surface area is 148 Å². The summed E-state index contributed by atoms with van der Waals surface area (Å²) in [6, 6.07) is 7.62. The van der Waals surface area contributed by atoms with Gasteiger partial charge in [0.1, 0.15) is 0 Å². The lowest BCUT2D eigenvalue weighted by Crippen LogP contribution is -2.31. The molecule has 3 heterocycles. The summed E-state index contributed by atoms with van der Waals surface area (Å²) in [7, 11) is 0. The number of rotatable bonds is 3. The van der Waals surface area contributed by atoms with Crippen LogP contribution in [-0.4, -0.2) is 32.5 Å². The molecule has 4 rings (SSSR count). The molecule has 8 nitrogen and oxygen atoms in total. The van der Waals surface area contributed by atoms with Crippen molar-refractivity contribution in [1.82, 2.24) is 14.5 Å². The molecule has 132 valence electrons. The van der Waals surface area contributed by atoms with E-state index in [1.165, 1.54) is 23.1 Å². The molecular weight excluding hydrogens is 334 g/mol. The van der Waals surface area contributed by atoms with Crippen molar-refractivity contribution in [3.63, 3.8) is 0 Å². The Hall–Kier alpha value is -3.29. The number of aromatic nitrogens is 3. The number of nitro benzene ring substituents is 1. The molecule has 1 aliphatic heterocycles. The number of non-ortho nitro benzene ring substituents is 1. The Morgan fingerprint density at radius 2 is 1.77 bits per heavy atom. The van der Waals surface area contributed by atoms with Crippen molar-refractivity contribution in [3.05, 3.63) is 63.2 Å². The number of hydrogen-bond acceptors (Lipinski definition) is 6. The number of nitro groups is 1. The van der Waals surface area contributed by atoms with Crippen molar-refractivity contribution in [1.29, 1.82) is 0 Å². The molecule has 0 saturated carbocycles. The maximum absolute atomic E-state index is 12.8. The number of nitrogens with zero attached hydrogens (tertiary/aromatic N) is 5. The summed E-state index contributed by atoms with van der Waals surface area (Å²) in [6.45, 7) is 1.87. The molecule has 0 N–H and O–H groups in total. The minimum Gasteiger partial charge on any atom is -0.341 e. The van der Waals surface area contributed by atoms with Crippen LogP contribution in [0.5, 0.6) is 0 Å². The topological polar surface area (TPSA) is 94.2 Å². The van der Waals surface area contributed by atoms with Crippen LogP contribution in [0.25, 0.3) is 16.6 Å². The van der Waals surface area contributed by atoms with Gasteiger partial charge in [0.2, 0.25) is 5.95 Å². The molecule has 1 aliphatic rings. The third kappa shape index (κ3) is 2.90. The van der Waals surface area contributed by atoms with Crippen LogP contribution >= 0.6 is 0 Å². The van der Waals surface area contributed by atoms with Crippen LogP contribution in [0.15, 0.2) is 47.5 Å². The highest BCUT2D eigenvalue weighted by Gasteiger charge is 2.15. The first kappa shape index (κ1) is 16.2. The van der Waals surface area contributed by atoms with Crippen molar-refractivity contribution in [2.75, 3.05) is 18.0 Å². The van der Waals surface area contributed by atoms with E-state index in [1.807, 2.05) is 0 Å². The molecule has 2 aromatic heterocycles. The summed E-state index contributed by atoms with van der Waals surface area (Å²) in [5, 5.41) is 11.2. The molecule has 0 atom stereocenters. The number of hydrogen-bond donors (Lipinski definition) is 0. The van der Waals surface area contributed by atoms with Crippen LogP contribution in [-0.2, 0) is 0 Å². The van der Waals surface area contributed by atoms with Gasteiger partial charge >= 0.3 is 0 Å².